The Balaban J connectivity index is 2.86. The van der Waals surface area contributed by atoms with Crippen LogP contribution in [0.4, 0.5) is 5.69 Å². The molecule has 0 saturated heterocycles. The number of carbonyl (C=O) groups is 2. The molecule has 5 heteroatoms. The van der Waals surface area contributed by atoms with Gasteiger partial charge in [0, 0.05) is 31.4 Å². The van der Waals surface area contributed by atoms with Gasteiger partial charge in [-0.15, -0.1) is 0 Å². The van der Waals surface area contributed by atoms with Gasteiger partial charge in [0.2, 0.25) is 0 Å². The van der Waals surface area contributed by atoms with Gasteiger partial charge in [0.1, 0.15) is 0 Å². The highest BCUT2D eigenvalue weighted by Crippen LogP contribution is 2.13. The summed E-state index contributed by atoms with van der Waals surface area (Å²) in [5, 5.41) is 0. The molecule has 1 rings (SSSR count). The van der Waals surface area contributed by atoms with Gasteiger partial charge >= 0.3 is 0 Å². The summed E-state index contributed by atoms with van der Waals surface area (Å²) in [5.41, 5.74) is 6.78. The Morgan fingerprint density at radius 2 is 1.94 bits per heavy atom. The number of nitrogens with two attached hydrogens (primary N) is 1. The van der Waals surface area contributed by atoms with Gasteiger partial charge in [0.15, 0.2) is 6.29 Å². The van der Waals surface area contributed by atoms with E-state index in [1.165, 1.54) is 6.07 Å². The Bertz CT molecular complexity index is 444. The van der Waals surface area contributed by atoms with Crippen molar-refractivity contribution in [3.8, 4) is 0 Å². The fourth-order valence-electron chi connectivity index (χ4n) is 1.53. The van der Waals surface area contributed by atoms with E-state index in [1.54, 1.807) is 24.1 Å². The molecule has 1 amide bonds. The number of hydrogen-bond donors (Lipinski definition) is 1. The van der Waals surface area contributed by atoms with Crippen molar-refractivity contribution >= 4 is 17.9 Å². The molecular weight excluding hydrogens is 230 g/mol. The highest BCUT2D eigenvalue weighted by atomic mass is 16.2. The maximum atomic E-state index is 12.2. The fraction of sp³-hybridized carbons (Fsp3) is 0.385. The third-order valence-corrected chi connectivity index (χ3v) is 2.66. The summed E-state index contributed by atoms with van der Waals surface area (Å²) in [6.07, 6.45) is 0.656. The minimum absolute atomic E-state index is 0.168. The standard InChI is InChI=1S/C13H19N3O2/c1-15(2)6-7-16(3)13(18)12-5-4-11(14)8-10(12)9-17/h4-5,8-9H,6-7,14H2,1-3H3. The lowest BCUT2D eigenvalue weighted by atomic mass is 10.1. The Morgan fingerprint density at radius 3 is 2.50 bits per heavy atom. The summed E-state index contributed by atoms with van der Waals surface area (Å²) >= 11 is 0. The average molecular weight is 249 g/mol. The van der Waals surface area contributed by atoms with Gasteiger partial charge in [-0.1, -0.05) is 0 Å². The van der Waals surface area contributed by atoms with Crippen LogP contribution in [-0.4, -0.2) is 56.2 Å². The molecule has 1 aromatic rings. The Hall–Kier alpha value is -1.88. The number of aldehydes is 1. The quantitative estimate of drug-likeness (QED) is 0.616. The van der Waals surface area contributed by atoms with E-state index in [2.05, 4.69) is 0 Å². The summed E-state index contributed by atoms with van der Waals surface area (Å²) in [6, 6.07) is 4.73. The van der Waals surface area contributed by atoms with Crippen LogP contribution in [0.3, 0.4) is 0 Å². The molecule has 0 aliphatic heterocycles. The number of anilines is 1. The van der Waals surface area contributed by atoms with Crippen LogP contribution >= 0.6 is 0 Å². The molecule has 0 atom stereocenters. The maximum absolute atomic E-state index is 12.2. The predicted molar refractivity (Wildman–Crippen MR) is 71.8 cm³/mol. The van der Waals surface area contributed by atoms with E-state index >= 15 is 0 Å². The molecular formula is C13H19N3O2. The molecule has 0 aliphatic rings. The van der Waals surface area contributed by atoms with Crippen molar-refractivity contribution in [2.45, 2.75) is 0 Å². The Morgan fingerprint density at radius 1 is 1.28 bits per heavy atom. The maximum Gasteiger partial charge on any atom is 0.254 e. The van der Waals surface area contributed by atoms with E-state index in [0.29, 0.717) is 29.6 Å². The third kappa shape index (κ3) is 3.56. The van der Waals surface area contributed by atoms with Crippen molar-refractivity contribution in [1.82, 2.24) is 9.80 Å². The number of likely N-dealkylation sites (N-methyl/N-ethyl adjacent to an activating group) is 2. The van der Waals surface area contributed by atoms with Crippen molar-refractivity contribution in [3.05, 3.63) is 29.3 Å². The van der Waals surface area contributed by atoms with E-state index in [0.717, 1.165) is 6.54 Å². The van der Waals surface area contributed by atoms with Crippen molar-refractivity contribution in [2.24, 2.45) is 0 Å². The number of nitrogen functional groups attached to an aromatic ring is 1. The van der Waals surface area contributed by atoms with Gasteiger partial charge < -0.3 is 15.5 Å². The smallest absolute Gasteiger partial charge is 0.254 e. The summed E-state index contributed by atoms with van der Waals surface area (Å²) < 4.78 is 0. The molecule has 0 aliphatic carbocycles. The lowest BCUT2D eigenvalue weighted by Gasteiger charge is -2.20. The van der Waals surface area contributed by atoms with E-state index < -0.39 is 0 Å². The van der Waals surface area contributed by atoms with Crippen molar-refractivity contribution in [1.29, 1.82) is 0 Å². The molecule has 18 heavy (non-hydrogen) atoms. The van der Waals surface area contributed by atoms with E-state index in [4.69, 9.17) is 5.73 Å². The zero-order valence-corrected chi connectivity index (χ0v) is 11.0. The molecule has 0 unspecified atom stereocenters. The molecule has 2 N–H and O–H groups in total. The zero-order valence-electron chi connectivity index (χ0n) is 11.0. The van der Waals surface area contributed by atoms with Gasteiger partial charge in [0.25, 0.3) is 5.91 Å². The van der Waals surface area contributed by atoms with Gasteiger partial charge in [-0.3, -0.25) is 9.59 Å². The highest BCUT2D eigenvalue weighted by Gasteiger charge is 2.15. The molecule has 5 nitrogen and oxygen atoms in total. The molecule has 0 spiro atoms. The van der Waals surface area contributed by atoms with Gasteiger partial charge in [-0.25, -0.2) is 0 Å². The molecule has 98 valence electrons. The van der Waals surface area contributed by atoms with Crippen LogP contribution < -0.4 is 5.73 Å². The normalized spacial score (nSPS) is 10.4. The van der Waals surface area contributed by atoms with Crippen LogP contribution in [0.25, 0.3) is 0 Å². The minimum Gasteiger partial charge on any atom is -0.399 e. The van der Waals surface area contributed by atoms with Crippen LogP contribution in [0, 0.1) is 0 Å². The number of carbonyl (C=O) groups excluding carboxylic acids is 2. The van der Waals surface area contributed by atoms with Crippen LogP contribution in [0.2, 0.25) is 0 Å². The number of rotatable bonds is 5. The summed E-state index contributed by atoms with van der Waals surface area (Å²) in [6.45, 7) is 1.38. The van der Waals surface area contributed by atoms with E-state index in [9.17, 15) is 9.59 Å². The number of hydrogen-bond acceptors (Lipinski definition) is 4. The second kappa shape index (κ2) is 6.16. The lowest BCUT2D eigenvalue weighted by Crippen LogP contribution is -2.34. The van der Waals surface area contributed by atoms with Crippen molar-refractivity contribution < 1.29 is 9.59 Å². The van der Waals surface area contributed by atoms with Crippen LogP contribution in [0.15, 0.2) is 18.2 Å². The molecule has 0 saturated carbocycles. The monoisotopic (exact) mass is 249 g/mol. The predicted octanol–water partition coefficient (Wildman–Crippen LogP) is 0.715. The van der Waals surface area contributed by atoms with Gasteiger partial charge in [-0.2, -0.15) is 0 Å². The molecule has 0 heterocycles. The third-order valence-electron chi connectivity index (χ3n) is 2.66. The topological polar surface area (TPSA) is 66.6 Å². The molecule has 1 aromatic carbocycles. The largest absolute Gasteiger partial charge is 0.399 e. The second-order valence-electron chi connectivity index (χ2n) is 4.49. The van der Waals surface area contributed by atoms with Crippen molar-refractivity contribution in [3.63, 3.8) is 0 Å². The summed E-state index contributed by atoms with van der Waals surface area (Å²) in [7, 11) is 5.60. The lowest BCUT2D eigenvalue weighted by molar-refractivity contribution is 0.0783. The first-order chi connectivity index (χ1) is 8.45. The van der Waals surface area contributed by atoms with Gasteiger partial charge in [-0.05, 0) is 32.3 Å². The van der Waals surface area contributed by atoms with Crippen molar-refractivity contribution in [2.75, 3.05) is 40.0 Å². The first-order valence-corrected chi connectivity index (χ1v) is 5.70. The number of amides is 1. The molecule has 0 aromatic heterocycles. The summed E-state index contributed by atoms with van der Waals surface area (Å²) in [5.74, 6) is -0.168. The molecule has 0 fully saturated rings. The SMILES string of the molecule is CN(C)CCN(C)C(=O)c1ccc(N)cc1C=O. The van der Waals surface area contributed by atoms with Gasteiger partial charge in [0.05, 0.1) is 5.56 Å². The van der Waals surface area contributed by atoms with Crippen LogP contribution in [0.1, 0.15) is 20.7 Å². The first kappa shape index (κ1) is 14.2. The first-order valence-electron chi connectivity index (χ1n) is 5.70. The molecule has 0 bridgehead atoms. The average Bonchev–Trinajstić information content (AvgIpc) is 2.34. The van der Waals surface area contributed by atoms with Crippen LogP contribution in [-0.2, 0) is 0 Å². The number of nitrogens with zero attached hydrogens (tertiary/aromatic N) is 2. The summed E-state index contributed by atoms with van der Waals surface area (Å²) in [4.78, 5) is 26.7. The second-order valence-corrected chi connectivity index (χ2v) is 4.49. The number of benzene rings is 1. The van der Waals surface area contributed by atoms with E-state index in [-0.39, 0.29) is 5.91 Å². The Kier molecular flexibility index (Phi) is 4.85. The fourth-order valence-corrected chi connectivity index (χ4v) is 1.53. The molecule has 0 radical (unpaired) electrons. The van der Waals surface area contributed by atoms with Crippen LogP contribution in [0.5, 0.6) is 0 Å². The highest BCUT2D eigenvalue weighted by molar-refractivity contribution is 6.01. The Labute approximate surface area is 107 Å². The van der Waals surface area contributed by atoms with E-state index in [1.807, 2.05) is 19.0 Å². The minimum atomic E-state index is -0.168. The zero-order chi connectivity index (χ0) is 13.7.